The maximum absolute atomic E-state index is 11.8. The molecule has 0 aromatic heterocycles. The van der Waals surface area contributed by atoms with Gasteiger partial charge in [0.05, 0.1) is 13.0 Å². The van der Waals surface area contributed by atoms with E-state index < -0.39 is 19.2 Å². The standard InChI is InChI=1S/C11H11F3O2/c1-8-6-10(3-2-9(8)7-15)16-5-4-11(12,13)14/h2-3,6-7H,4-5H2,1H3. The number of benzene rings is 1. The van der Waals surface area contributed by atoms with Crippen LogP contribution in [0.5, 0.6) is 5.75 Å². The van der Waals surface area contributed by atoms with Crippen LogP contribution in [0.3, 0.4) is 0 Å². The van der Waals surface area contributed by atoms with Crippen molar-refractivity contribution in [2.75, 3.05) is 6.61 Å². The quantitative estimate of drug-likeness (QED) is 0.745. The minimum atomic E-state index is -4.21. The first kappa shape index (κ1) is 12.5. The fraction of sp³-hybridized carbons (Fsp3) is 0.364. The van der Waals surface area contributed by atoms with Gasteiger partial charge in [-0.25, -0.2) is 0 Å². The van der Waals surface area contributed by atoms with E-state index in [0.29, 0.717) is 23.2 Å². The zero-order valence-corrected chi connectivity index (χ0v) is 8.67. The van der Waals surface area contributed by atoms with Crippen molar-refractivity contribution in [3.05, 3.63) is 29.3 Å². The van der Waals surface area contributed by atoms with E-state index in [9.17, 15) is 18.0 Å². The van der Waals surface area contributed by atoms with E-state index in [1.54, 1.807) is 13.0 Å². The van der Waals surface area contributed by atoms with Gasteiger partial charge >= 0.3 is 6.18 Å². The van der Waals surface area contributed by atoms with Crippen LogP contribution in [0.15, 0.2) is 18.2 Å². The molecule has 1 aromatic carbocycles. The molecule has 0 radical (unpaired) electrons. The summed E-state index contributed by atoms with van der Waals surface area (Å²) in [5, 5.41) is 0. The number of aldehydes is 1. The Morgan fingerprint density at radius 2 is 2.06 bits per heavy atom. The number of aryl methyl sites for hydroxylation is 1. The van der Waals surface area contributed by atoms with Crippen molar-refractivity contribution >= 4 is 6.29 Å². The van der Waals surface area contributed by atoms with E-state index in [-0.39, 0.29) is 0 Å². The maximum Gasteiger partial charge on any atom is 0.392 e. The van der Waals surface area contributed by atoms with E-state index >= 15 is 0 Å². The average molecular weight is 232 g/mol. The predicted molar refractivity (Wildman–Crippen MR) is 52.7 cm³/mol. The first-order valence-electron chi connectivity index (χ1n) is 4.68. The van der Waals surface area contributed by atoms with Crippen LogP contribution in [0.2, 0.25) is 0 Å². The Balaban J connectivity index is 2.55. The number of carbonyl (C=O) groups is 1. The molecule has 0 heterocycles. The highest BCUT2D eigenvalue weighted by Crippen LogP contribution is 2.21. The summed E-state index contributed by atoms with van der Waals surface area (Å²) in [5.41, 5.74) is 1.18. The number of alkyl halides is 3. The van der Waals surface area contributed by atoms with Crippen molar-refractivity contribution < 1.29 is 22.7 Å². The maximum atomic E-state index is 11.8. The monoisotopic (exact) mass is 232 g/mol. The lowest BCUT2D eigenvalue weighted by molar-refractivity contribution is -0.139. The van der Waals surface area contributed by atoms with E-state index in [4.69, 9.17) is 4.74 Å². The molecule has 0 unspecified atom stereocenters. The van der Waals surface area contributed by atoms with Crippen molar-refractivity contribution in [3.63, 3.8) is 0 Å². The van der Waals surface area contributed by atoms with Gasteiger partial charge in [-0.15, -0.1) is 0 Å². The summed E-state index contributed by atoms with van der Waals surface area (Å²) in [5.74, 6) is 0.340. The summed E-state index contributed by atoms with van der Waals surface area (Å²) in [6.45, 7) is 1.28. The van der Waals surface area contributed by atoms with Gasteiger partial charge in [0.1, 0.15) is 12.0 Å². The number of ether oxygens (including phenoxy) is 1. The Morgan fingerprint density at radius 3 is 2.56 bits per heavy atom. The van der Waals surface area contributed by atoms with Crippen molar-refractivity contribution in [3.8, 4) is 5.75 Å². The van der Waals surface area contributed by atoms with Gasteiger partial charge < -0.3 is 4.74 Å². The van der Waals surface area contributed by atoms with Crippen molar-refractivity contribution in [2.24, 2.45) is 0 Å². The molecular weight excluding hydrogens is 221 g/mol. The van der Waals surface area contributed by atoms with E-state index in [1.807, 2.05) is 0 Å². The summed E-state index contributed by atoms with van der Waals surface area (Å²) in [4.78, 5) is 10.5. The Kier molecular flexibility index (Phi) is 3.93. The molecule has 0 atom stereocenters. The highest BCUT2D eigenvalue weighted by molar-refractivity contribution is 5.77. The molecule has 1 rings (SSSR count). The molecule has 1 aromatic rings. The van der Waals surface area contributed by atoms with Crippen LogP contribution >= 0.6 is 0 Å². The predicted octanol–water partition coefficient (Wildman–Crippen LogP) is 3.14. The Labute approximate surface area is 91.0 Å². The molecule has 2 nitrogen and oxygen atoms in total. The van der Waals surface area contributed by atoms with E-state index in [2.05, 4.69) is 0 Å². The minimum Gasteiger partial charge on any atom is -0.493 e. The van der Waals surface area contributed by atoms with Crippen molar-refractivity contribution in [1.82, 2.24) is 0 Å². The van der Waals surface area contributed by atoms with Gasteiger partial charge in [0, 0.05) is 5.56 Å². The fourth-order valence-electron chi connectivity index (χ4n) is 1.15. The summed E-state index contributed by atoms with van der Waals surface area (Å²) in [6.07, 6.45) is -4.51. The Morgan fingerprint density at radius 1 is 1.38 bits per heavy atom. The highest BCUT2D eigenvalue weighted by atomic mass is 19.4. The lowest BCUT2D eigenvalue weighted by Gasteiger charge is -2.09. The fourth-order valence-corrected chi connectivity index (χ4v) is 1.15. The second-order valence-corrected chi connectivity index (χ2v) is 3.35. The molecule has 0 bridgehead atoms. The van der Waals surface area contributed by atoms with Crippen LogP contribution in [0, 0.1) is 6.92 Å². The number of halogens is 3. The van der Waals surface area contributed by atoms with Crippen LogP contribution in [0.4, 0.5) is 13.2 Å². The molecule has 0 saturated carbocycles. The number of carbonyl (C=O) groups excluding carboxylic acids is 1. The topological polar surface area (TPSA) is 26.3 Å². The zero-order valence-electron chi connectivity index (χ0n) is 8.67. The Bertz CT molecular complexity index is 372. The van der Waals surface area contributed by atoms with Gasteiger partial charge in [-0.2, -0.15) is 13.2 Å². The van der Waals surface area contributed by atoms with Crippen molar-refractivity contribution in [2.45, 2.75) is 19.5 Å². The van der Waals surface area contributed by atoms with Gasteiger partial charge in [-0.05, 0) is 30.7 Å². The largest absolute Gasteiger partial charge is 0.493 e. The van der Waals surface area contributed by atoms with Crippen LogP contribution in [-0.4, -0.2) is 19.1 Å². The van der Waals surface area contributed by atoms with Crippen LogP contribution in [0.1, 0.15) is 22.3 Å². The molecule has 88 valence electrons. The van der Waals surface area contributed by atoms with E-state index in [1.165, 1.54) is 12.1 Å². The summed E-state index contributed by atoms with van der Waals surface area (Å²) in [7, 11) is 0. The van der Waals surface area contributed by atoms with Gasteiger partial charge in [0.15, 0.2) is 0 Å². The SMILES string of the molecule is Cc1cc(OCCC(F)(F)F)ccc1C=O. The molecule has 16 heavy (non-hydrogen) atoms. The molecule has 5 heteroatoms. The third kappa shape index (κ3) is 3.92. The van der Waals surface area contributed by atoms with Gasteiger partial charge in [-0.1, -0.05) is 0 Å². The third-order valence-electron chi connectivity index (χ3n) is 2.02. The second kappa shape index (κ2) is 5.01. The summed E-state index contributed by atoms with van der Waals surface area (Å²) in [6, 6.07) is 4.54. The minimum absolute atomic E-state index is 0.340. The summed E-state index contributed by atoms with van der Waals surface area (Å²) < 4.78 is 40.4. The van der Waals surface area contributed by atoms with Crippen LogP contribution in [-0.2, 0) is 0 Å². The molecule has 0 saturated heterocycles. The lowest BCUT2D eigenvalue weighted by atomic mass is 10.1. The molecule has 0 N–H and O–H groups in total. The van der Waals surface area contributed by atoms with Gasteiger partial charge in [-0.3, -0.25) is 4.79 Å². The zero-order chi connectivity index (χ0) is 12.2. The van der Waals surface area contributed by atoms with E-state index in [0.717, 1.165) is 0 Å². The molecule has 0 aliphatic heterocycles. The lowest BCUT2D eigenvalue weighted by Crippen LogP contribution is -2.13. The second-order valence-electron chi connectivity index (χ2n) is 3.35. The molecule has 0 amide bonds. The van der Waals surface area contributed by atoms with Gasteiger partial charge in [0.2, 0.25) is 0 Å². The molecule has 0 aliphatic rings. The number of hydrogen-bond donors (Lipinski definition) is 0. The first-order chi connectivity index (χ1) is 7.42. The van der Waals surface area contributed by atoms with Crippen LogP contribution < -0.4 is 4.74 Å². The highest BCUT2D eigenvalue weighted by Gasteiger charge is 2.26. The van der Waals surface area contributed by atoms with Gasteiger partial charge in [0.25, 0.3) is 0 Å². The number of rotatable bonds is 4. The third-order valence-corrected chi connectivity index (χ3v) is 2.02. The molecular formula is C11H11F3O2. The smallest absolute Gasteiger partial charge is 0.392 e. The first-order valence-corrected chi connectivity index (χ1v) is 4.68. The average Bonchev–Trinajstić information content (AvgIpc) is 2.16. The molecule has 0 spiro atoms. The normalized spacial score (nSPS) is 11.2. The van der Waals surface area contributed by atoms with Crippen molar-refractivity contribution in [1.29, 1.82) is 0 Å². The number of hydrogen-bond acceptors (Lipinski definition) is 2. The van der Waals surface area contributed by atoms with Crippen LogP contribution in [0.25, 0.3) is 0 Å². The summed E-state index contributed by atoms with van der Waals surface area (Å²) >= 11 is 0. The Hall–Kier alpha value is -1.52. The molecule has 0 aliphatic carbocycles. The molecule has 0 fully saturated rings.